The summed E-state index contributed by atoms with van der Waals surface area (Å²) in [6.07, 6.45) is -1.22. The second-order valence-electron chi connectivity index (χ2n) is 4.65. The second-order valence-corrected chi connectivity index (χ2v) is 4.65. The summed E-state index contributed by atoms with van der Waals surface area (Å²) in [7, 11) is 0. The van der Waals surface area contributed by atoms with Crippen LogP contribution in [0.4, 0.5) is 4.79 Å². The number of nitrogens with one attached hydrogen (secondary N) is 1. The van der Waals surface area contributed by atoms with E-state index in [0.29, 0.717) is 6.61 Å². The van der Waals surface area contributed by atoms with Crippen LogP contribution in [0, 0.1) is 0 Å². The highest BCUT2D eigenvalue weighted by Gasteiger charge is 2.22. The third-order valence-electron chi connectivity index (χ3n) is 1.79. The number of ether oxygens (including phenoxy) is 2. The summed E-state index contributed by atoms with van der Waals surface area (Å²) in [4.78, 5) is 11.4. The molecule has 0 fully saturated rings. The molecule has 0 aliphatic rings. The Morgan fingerprint density at radius 1 is 1.44 bits per heavy atom. The van der Waals surface area contributed by atoms with Gasteiger partial charge in [-0.15, -0.1) is 0 Å². The summed E-state index contributed by atoms with van der Waals surface area (Å²) in [6, 6.07) is -0.449. The molecular weight excluding hydrogens is 210 g/mol. The molecule has 0 rings (SSSR count). The summed E-state index contributed by atoms with van der Waals surface area (Å²) in [5.74, 6) is 0. The molecule has 0 heterocycles. The van der Waals surface area contributed by atoms with E-state index in [-0.39, 0.29) is 6.61 Å². The van der Waals surface area contributed by atoms with Gasteiger partial charge in [0.25, 0.3) is 0 Å². The molecule has 0 saturated carbocycles. The molecule has 96 valence electrons. The number of aliphatic hydroxyl groups is 1. The fraction of sp³-hybridized carbons (Fsp3) is 0.909. The number of hydrogen-bond donors (Lipinski definition) is 2. The third kappa shape index (κ3) is 7.48. The predicted octanol–water partition coefficient (Wildman–Crippen LogP) is 1.30. The Bertz CT molecular complexity index is 211. The molecule has 5 heteroatoms. The highest BCUT2D eigenvalue weighted by molar-refractivity contribution is 5.68. The van der Waals surface area contributed by atoms with Crippen LogP contribution >= 0.6 is 0 Å². The molecule has 0 spiro atoms. The van der Waals surface area contributed by atoms with Gasteiger partial charge in [0, 0.05) is 6.61 Å². The largest absolute Gasteiger partial charge is 0.444 e. The molecule has 0 aliphatic carbocycles. The Labute approximate surface area is 97.1 Å². The number of rotatable bonds is 5. The molecule has 1 amide bonds. The van der Waals surface area contributed by atoms with E-state index in [2.05, 4.69) is 5.32 Å². The average molecular weight is 233 g/mol. The van der Waals surface area contributed by atoms with Crippen LogP contribution in [0.5, 0.6) is 0 Å². The minimum atomic E-state index is -0.681. The van der Waals surface area contributed by atoms with Gasteiger partial charge < -0.3 is 19.9 Å². The van der Waals surface area contributed by atoms with Gasteiger partial charge >= 0.3 is 6.09 Å². The Kier molecular flexibility index (Phi) is 6.36. The smallest absolute Gasteiger partial charge is 0.408 e. The van der Waals surface area contributed by atoms with Crippen molar-refractivity contribution in [1.29, 1.82) is 0 Å². The molecule has 2 N–H and O–H groups in total. The summed E-state index contributed by atoms with van der Waals surface area (Å²) in [5, 5.41) is 12.0. The van der Waals surface area contributed by atoms with Gasteiger partial charge in [-0.05, 0) is 34.6 Å². The molecule has 16 heavy (non-hydrogen) atoms. The molecule has 0 aromatic heterocycles. The fourth-order valence-corrected chi connectivity index (χ4v) is 1.01. The van der Waals surface area contributed by atoms with E-state index in [9.17, 15) is 9.90 Å². The van der Waals surface area contributed by atoms with E-state index in [1.807, 2.05) is 6.92 Å². The molecule has 0 saturated heterocycles. The Morgan fingerprint density at radius 3 is 2.38 bits per heavy atom. The van der Waals surface area contributed by atoms with Gasteiger partial charge in [0.05, 0.1) is 18.8 Å². The lowest BCUT2D eigenvalue weighted by molar-refractivity contribution is 0.0284. The molecule has 2 atom stereocenters. The molecule has 0 aromatic rings. The van der Waals surface area contributed by atoms with Crippen molar-refractivity contribution < 1.29 is 19.4 Å². The maximum Gasteiger partial charge on any atom is 0.408 e. The van der Waals surface area contributed by atoms with Gasteiger partial charge in [-0.3, -0.25) is 0 Å². The fourth-order valence-electron chi connectivity index (χ4n) is 1.01. The van der Waals surface area contributed by atoms with Crippen LogP contribution < -0.4 is 5.32 Å². The van der Waals surface area contributed by atoms with Crippen molar-refractivity contribution in [1.82, 2.24) is 5.32 Å². The summed E-state index contributed by atoms with van der Waals surface area (Å²) >= 11 is 0. The first kappa shape index (κ1) is 15.2. The quantitative estimate of drug-likeness (QED) is 0.751. The zero-order chi connectivity index (χ0) is 12.8. The maximum absolute atomic E-state index is 11.4. The summed E-state index contributed by atoms with van der Waals surface area (Å²) in [5.41, 5.74) is -0.543. The first-order valence-electron chi connectivity index (χ1n) is 5.51. The number of amides is 1. The van der Waals surface area contributed by atoms with E-state index in [1.165, 1.54) is 0 Å². The minimum Gasteiger partial charge on any atom is -0.444 e. The zero-order valence-electron chi connectivity index (χ0n) is 10.7. The van der Waals surface area contributed by atoms with Crippen molar-refractivity contribution in [2.24, 2.45) is 0 Å². The highest BCUT2D eigenvalue weighted by atomic mass is 16.6. The van der Waals surface area contributed by atoms with Crippen LogP contribution in [0.1, 0.15) is 34.6 Å². The SMILES string of the molecule is CCOC[C@@H](NC(=O)OC(C)(C)C)C(C)O. The van der Waals surface area contributed by atoms with E-state index in [1.54, 1.807) is 27.7 Å². The Hall–Kier alpha value is -0.810. The van der Waals surface area contributed by atoms with Crippen molar-refractivity contribution in [3.8, 4) is 0 Å². The van der Waals surface area contributed by atoms with Crippen molar-refractivity contribution in [2.75, 3.05) is 13.2 Å². The molecule has 0 aromatic carbocycles. The summed E-state index contributed by atoms with van der Waals surface area (Å²) in [6.45, 7) is 9.62. The standard InChI is InChI=1S/C11H23NO4/c1-6-15-7-9(8(2)13)12-10(14)16-11(3,4)5/h8-9,13H,6-7H2,1-5H3,(H,12,14)/t8?,9-/m1/s1. The first-order chi connectivity index (χ1) is 7.26. The summed E-state index contributed by atoms with van der Waals surface area (Å²) < 4.78 is 10.2. The Balaban J connectivity index is 4.13. The average Bonchev–Trinajstić information content (AvgIpc) is 2.08. The van der Waals surface area contributed by atoms with E-state index in [4.69, 9.17) is 9.47 Å². The number of aliphatic hydroxyl groups excluding tert-OH is 1. The number of hydrogen-bond acceptors (Lipinski definition) is 4. The molecule has 5 nitrogen and oxygen atoms in total. The number of carbonyl (C=O) groups is 1. The van der Waals surface area contributed by atoms with Crippen LogP contribution in [-0.2, 0) is 9.47 Å². The topological polar surface area (TPSA) is 67.8 Å². The van der Waals surface area contributed by atoms with Crippen molar-refractivity contribution in [2.45, 2.75) is 52.4 Å². The minimum absolute atomic E-state index is 0.271. The van der Waals surface area contributed by atoms with Gasteiger partial charge in [-0.2, -0.15) is 0 Å². The van der Waals surface area contributed by atoms with Crippen molar-refractivity contribution in [3.05, 3.63) is 0 Å². The van der Waals surface area contributed by atoms with Crippen LogP contribution in [0.15, 0.2) is 0 Å². The van der Waals surface area contributed by atoms with Crippen molar-refractivity contribution >= 4 is 6.09 Å². The van der Waals surface area contributed by atoms with Crippen LogP contribution in [0.25, 0.3) is 0 Å². The van der Waals surface area contributed by atoms with E-state index < -0.39 is 23.8 Å². The zero-order valence-corrected chi connectivity index (χ0v) is 10.7. The van der Waals surface area contributed by atoms with Gasteiger partial charge in [-0.1, -0.05) is 0 Å². The normalized spacial score (nSPS) is 15.4. The Morgan fingerprint density at radius 2 is 2.00 bits per heavy atom. The maximum atomic E-state index is 11.4. The van der Waals surface area contributed by atoms with Gasteiger partial charge in [0.15, 0.2) is 0 Å². The third-order valence-corrected chi connectivity index (χ3v) is 1.79. The number of carbonyl (C=O) groups excluding carboxylic acids is 1. The van der Waals surface area contributed by atoms with Crippen LogP contribution in [-0.4, -0.2) is 42.2 Å². The molecular formula is C11H23NO4. The van der Waals surface area contributed by atoms with Crippen LogP contribution in [0.3, 0.4) is 0 Å². The lowest BCUT2D eigenvalue weighted by Crippen LogP contribution is -2.47. The number of alkyl carbamates (subject to hydrolysis) is 1. The molecule has 1 unspecified atom stereocenters. The van der Waals surface area contributed by atoms with Gasteiger partial charge in [0.1, 0.15) is 5.60 Å². The van der Waals surface area contributed by atoms with E-state index >= 15 is 0 Å². The lowest BCUT2D eigenvalue weighted by Gasteiger charge is -2.24. The second kappa shape index (κ2) is 6.70. The molecule has 0 radical (unpaired) electrons. The van der Waals surface area contributed by atoms with E-state index in [0.717, 1.165) is 0 Å². The molecule has 0 aliphatic heterocycles. The van der Waals surface area contributed by atoms with Crippen LogP contribution in [0.2, 0.25) is 0 Å². The van der Waals surface area contributed by atoms with Gasteiger partial charge in [-0.25, -0.2) is 4.79 Å². The van der Waals surface area contributed by atoms with Gasteiger partial charge in [0.2, 0.25) is 0 Å². The predicted molar refractivity (Wildman–Crippen MR) is 61.3 cm³/mol. The first-order valence-corrected chi connectivity index (χ1v) is 5.51. The van der Waals surface area contributed by atoms with Crippen molar-refractivity contribution in [3.63, 3.8) is 0 Å². The monoisotopic (exact) mass is 233 g/mol. The molecule has 0 bridgehead atoms. The highest BCUT2D eigenvalue weighted by Crippen LogP contribution is 2.07. The lowest BCUT2D eigenvalue weighted by atomic mass is 10.2.